The first kappa shape index (κ1) is 23.1. The summed E-state index contributed by atoms with van der Waals surface area (Å²) in [6, 6.07) is 9.16. The summed E-state index contributed by atoms with van der Waals surface area (Å²) in [5.41, 5.74) is 1.44. The summed E-state index contributed by atoms with van der Waals surface area (Å²) in [5, 5.41) is 4.61. The van der Waals surface area contributed by atoms with E-state index in [1.165, 1.54) is 13.3 Å². The van der Waals surface area contributed by atoms with Gasteiger partial charge in [0.15, 0.2) is 23.7 Å². The van der Waals surface area contributed by atoms with Crippen LogP contribution < -0.4 is 14.8 Å². The van der Waals surface area contributed by atoms with Crippen LogP contribution in [-0.2, 0) is 19.0 Å². The van der Waals surface area contributed by atoms with Gasteiger partial charge in [0.05, 0.1) is 30.9 Å². The van der Waals surface area contributed by atoms with Crippen LogP contribution in [0.2, 0.25) is 5.02 Å². The summed E-state index contributed by atoms with van der Waals surface area (Å²) in [7, 11) is 1.57. The fraction of sp³-hybridized carbons (Fsp3) is 0.348. The lowest BCUT2D eigenvalue weighted by Crippen LogP contribution is -2.36. The van der Waals surface area contributed by atoms with Crippen molar-refractivity contribution < 1.29 is 28.5 Å². The van der Waals surface area contributed by atoms with Gasteiger partial charge < -0.3 is 29.0 Å². The number of nitrogens with zero attached hydrogens (tertiary/aromatic N) is 2. The topological polar surface area (TPSA) is 101 Å². The monoisotopic (exact) mass is 549 g/mol. The minimum Gasteiger partial charge on any atom is -0.493 e. The first-order chi connectivity index (χ1) is 16.4. The van der Waals surface area contributed by atoms with Crippen LogP contribution in [0.1, 0.15) is 6.92 Å². The SMILES string of the molecule is COc1cc2c(Nc3ccc(Br)c(Cl)c3)ncnc2cc1OC1CO[C@H]2[C@H](OC(C)=O)CO[C@@H]12. The van der Waals surface area contributed by atoms with Crippen LogP contribution in [0.4, 0.5) is 11.5 Å². The van der Waals surface area contributed by atoms with E-state index in [1.807, 2.05) is 18.2 Å². The number of carbonyl (C=O) groups excluding carboxylic acids is 1. The smallest absolute Gasteiger partial charge is 0.303 e. The average Bonchev–Trinajstić information content (AvgIpc) is 3.39. The van der Waals surface area contributed by atoms with Gasteiger partial charge in [0, 0.05) is 28.5 Å². The third-order valence-corrected chi connectivity index (χ3v) is 6.89. The molecule has 1 N–H and O–H groups in total. The fourth-order valence-corrected chi connectivity index (χ4v) is 4.56. The number of halogens is 2. The molecule has 0 radical (unpaired) electrons. The molecule has 1 aromatic heterocycles. The maximum Gasteiger partial charge on any atom is 0.303 e. The van der Waals surface area contributed by atoms with Crippen LogP contribution in [0.5, 0.6) is 11.5 Å². The summed E-state index contributed by atoms with van der Waals surface area (Å²) in [6.07, 6.45) is -0.0741. The predicted octanol–water partition coefficient (Wildman–Crippen LogP) is 4.27. The molecule has 2 aliphatic rings. The highest BCUT2D eigenvalue weighted by Crippen LogP contribution is 2.38. The molecule has 11 heteroatoms. The number of anilines is 2. The Morgan fingerprint density at radius 2 is 1.88 bits per heavy atom. The highest BCUT2D eigenvalue weighted by Gasteiger charge is 2.50. The Bertz CT molecular complexity index is 1240. The van der Waals surface area contributed by atoms with Crippen molar-refractivity contribution in [3.05, 3.63) is 46.2 Å². The maximum atomic E-state index is 11.3. The second-order valence-electron chi connectivity index (χ2n) is 7.90. The highest BCUT2D eigenvalue weighted by atomic mass is 79.9. The molecule has 0 bridgehead atoms. The second-order valence-corrected chi connectivity index (χ2v) is 9.16. The molecule has 0 spiro atoms. The Morgan fingerprint density at radius 1 is 1.12 bits per heavy atom. The van der Waals surface area contributed by atoms with Gasteiger partial charge in [-0.05, 0) is 40.2 Å². The minimum absolute atomic E-state index is 0.270. The van der Waals surface area contributed by atoms with Crippen molar-refractivity contribution in [1.29, 1.82) is 0 Å². The van der Waals surface area contributed by atoms with E-state index in [2.05, 4.69) is 31.2 Å². The predicted molar refractivity (Wildman–Crippen MR) is 128 cm³/mol. The van der Waals surface area contributed by atoms with E-state index >= 15 is 0 Å². The normalized spacial score (nSPS) is 23.5. The number of hydrogen-bond acceptors (Lipinski definition) is 9. The van der Waals surface area contributed by atoms with Crippen molar-refractivity contribution in [3.63, 3.8) is 0 Å². The van der Waals surface area contributed by atoms with Crippen LogP contribution in [0.3, 0.4) is 0 Å². The Hall–Kier alpha value is -2.66. The Labute approximate surface area is 208 Å². The molecule has 34 heavy (non-hydrogen) atoms. The summed E-state index contributed by atoms with van der Waals surface area (Å²) in [4.78, 5) is 20.1. The van der Waals surface area contributed by atoms with Crippen molar-refractivity contribution in [2.24, 2.45) is 0 Å². The van der Waals surface area contributed by atoms with Gasteiger partial charge in [-0.15, -0.1) is 0 Å². The zero-order chi connectivity index (χ0) is 23.8. The number of fused-ring (bicyclic) bond motifs is 2. The third kappa shape index (κ3) is 4.50. The molecule has 9 nitrogen and oxygen atoms in total. The number of hydrogen-bond donors (Lipinski definition) is 1. The van der Waals surface area contributed by atoms with Crippen molar-refractivity contribution >= 4 is 55.9 Å². The first-order valence-corrected chi connectivity index (χ1v) is 11.7. The van der Waals surface area contributed by atoms with E-state index in [9.17, 15) is 4.79 Å². The first-order valence-electron chi connectivity index (χ1n) is 10.5. The zero-order valence-electron chi connectivity index (χ0n) is 18.3. The van der Waals surface area contributed by atoms with E-state index in [0.29, 0.717) is 34.5 Å². The molecule has 4 atom stereocenters. The van der Waals surface area contributed by atoms with Crippen LogP contribution >= 0.6 is 27.5 Å². The zero-order valence-corrected chi connectivity index (χ0v) is 20.6. The molecule has 2 aliphatic heterocycles. The molecule has 1 unspecified atom stereocenters. The van der Waals surface area contributed by atoms with Gasteiger partial charge in [-0.1, -0.05) is 11.6 Å². The Morgan fingerprint density at radius 3 is 2.62 bits per heavy atom. The van der Waals surface area contributed by atoms with Crippen molar-refractivity contribution in [2.75, 3.05) is 25.6 Å². The summed E-state index contributed by atoms with van der Waals surface area (Å²) >= 11 is 9.61. The molecule has 3 heterocycles. The van der Waals surface area contributed by atoms with Gasteiger partial charge in [-0.3, -0.25) is 4.79 Å². The molecular weight excluding hydrogens is 530 g/mol. The number of benzene rings is 2. The average molecular weight is 551 g/mol. The van der Waals surface area contributed by atoms with Crippen LogP contribution in [0, 0.1) is 0 Å². The van der Waals surface area contributed by atoms with Crippen molar-refractivity contribution in [1.82, 2.24) is 9.97 Å². The lowest BCUT2D eigenvalue weighted by atomic mass is 10.1. The van der Waals surface area contributed by atoms with Gasteiger partial charge in [0.25, 0.3) is 0 Å². The number of carbonyl (C=O) groups is 1. The minimum atomic E-state index is -0.442. The quantitative estimate of drug-likeness (QED) is 0.451. The molecule has 0 saturated carbocycles. The molecule has 0 amide bonds. The lowest BCUT2D eigenvalue weighted by molar-refractivity contribution is -0.150. The Kier molecular flexibility index (Phi) is 6.48. The largest absolute Gasteiger partial charge is 0.493 e. The molecule has 2 fully saturated rings. The Balaban J connectivity index is 1.40. The van der Waals surface area contributed by atoms with Crippen LogP contribution in [0.25, 0.3) is 10.9 Å². The molecule has 2 aromatic carbocycles. The van der Waals surface area contributed by atoms with Crippen molar-refractivity contribution in [3.8, 4) is 11.5 Å². The number of aromatic nitrogens is 2. The van der Waals surface area contributed by atoms with E-state index in [4.69, 9.17) is 35.3 Å². The van der Waals surface area contributed by atoms with Crippen LogP contribution in [-0.4, -0.2) is 60.7 Å². The maximum absolute atomic E-state index is 11.3. The van der Waals surface area contributed by atoms with Gasteiger partial charge in [-0.2, -0.15) is 0 Å². The molecular formula is C23H21BrClN3O6. The van der Waals surface area contributed by atoms with Gasteiger partial charge in [0.2, 0.25) is 0 Å². The van der Waals surface area contributed by atoms with E-state index in [-0.39, 0.29) is 30.9 Å². The second kappa shape index (κ2) is 9.53. The van der Waals surface area contributed by atoms with Gasteiger partial charge in [-0.25, -0.2) is 9.97 Å². The summed E-state index contributed by atoms with van der Waals surface area (Å²) < 4.78 is 29.6. The highest BCUT2D eigenvalue weighted by molar-refractivity contribution is 9.10. The standard InChI is InChI=1S/C23H21BrClN3O6/c1-11(29)33-19-8-31-22-20(9-32-21(19)22)34-18-7-16-13(6-17(18)30-2)23(27-10-26-16)28-12-3-4-14(24)15(25)5-12/h3-7,10,19-22H,8-9H2,1-2H3,(H,26,27,28)/t19-,20?,21+,22+/m1/s1. The summed E-state index contributed by atoms with van der Waals surface area (Å²) in [5.74, 6) is 1.24. The van der Waals surface area contributed by atoms with Crippen molar-refractivity contribution in [2.45, 2.75) is 31.3 Å². The number of nitrogens with one attached hydrogen (secondary N) is 1. The molecule has 3 aromatic rings. The molecule has 2 saturated heterocycles. The molecule has 178 valence electrons. The fourth-order valence-electron chi connectivity index (χ4n) is 4.13. The molecule has 5 rings (SSSR count). The summed E-state index contributed by atoms with van der Waals surface area (Å²) in [6.45, 7) is 1.94. The van der Waals surface area contributed by atoms with Crippen LogP contribution in [0.15, 0.2) is 41.1 Å². The van der Waals surface area contributed by atoms with E-state index in [1.54, 1.807) is 19.2 Å². The van der Waals surface area contributed by atoms with Gasteiger partial charge >= 0.3 is 5.97 Å². The number of esters is 1. The van der Waals surface area contributed by atoms with Gasteiger partial charge in [0.1, 0.15) is 24.4 Å². The number of methoxy groups -OCH3 is 1. The lowest BCUT2D eigenvalue weighted by Gasteiger charge is -2.20. The number of ether oxygens (including phenoxy) is 5. The number of rotatable bonds is 6. The van der Waals surface area contributed by atoms with E-state index in [0.717, 1.165) is 15.5 Å². The third-order valence-electron chi connectivity index (χ3n) is 5.66. The molecule has 0 aliphatic carbocycles. The van der Waals surface area contributed by atoms with E-state index < -0.39 is 6.10 Å².